The fourth-order valence-corrected chi connectivity index (χ4v) is 1.89. The first-order valence-electron chi connectivity index (χ1n) is 6.50. The zero-order valence-electron chi connectivity index (χ0n) is 11.0. The summed E-state index contributed by atoms with van der Waals surface area (Å²) in [5.41, 5.74) is 1.70. The van der Waals surface area contributed by atoms with Crippen LogP contribution in [0.2, 0.25) is 0 Å². The normalized spacial score (nSPS) is 10.2. The molecule has 0 saturated heterocycles. The van der Waals surface area contributed by atoms with Crippen LogP contribution < -0.4 is 10.1 Å². The highest BCUT2D eigenvalue weighted by atomic mass is 19.1. The van der Waals surface area contributed by atoms with Gasteiger partial charge in [-0.3, -0.25) is 0 Å². The van der Waals surface area contributed by atoms with E-state index in [2.05, 4.69) is 18.3 Å². The van der Waals surface area contributed by atoms with Gasteiger partial charge in [0.05, 0.1) is 5.69 Å². The predicted molar refractivity (Wildman–Crippen MR) is 76.2 cm³/mol. The Morgan fingerprint density at radius 1 is 1.05 bits per heavy atom. The Morgan fingerprint density at radius 2 is 1.79 bits per heavy atom. The van der Waals surface area contributed by atoms with Gasteiger partial charge in [-0.25, -0.2) is 4.39 Å². The maximum absolute atomic E-state index is 13.4. The summed E-state index contributed by atoms with van der Waals surface area (Å²) in [4.78, 5) is 0. The van der Waals surface area contributed by atoms with E-state index in [4.69, 9.17) is 4.74 Å². The summed E-state index contributed by atoms with van der Waals surface area (Å²) in [6.07, 6.45) is 0.941. The van der Waals surface area contributed by atoms with Gasteiger partial charge in [-0.05, 0) is 30.2 Å². The standard InChI is InChI=1S/C16H18FNO/c1-2-13-7-3-6-10-16(13)19-12-11-18-15-9-5-4-8-14(15)17/h3-10,18H,2,11-12H2,1H3. The molecule has 2 rings (SSSR count). The summed E-state index contributed by atoms with van der Waals surface area (Å²) >= 11 is 0. The highest BCUT2D eigenvalue weighted by Crippen LogP contribution is 2.18. The van der Waals surface area contributed by atoms with Crippen molar-refractivity contribution >= 4 is 5.69 Å². The molecule has 0 amide bonds. The molecule has 0 heterocycles. The molecule has 0 fully saturated rings. The van der Waals surface area contributed by atoms with Crippen molar-refractivity contribution in [2.45, 2.75) is 13.3 Å². The maximum Gasteiger partial charge on any atom is 0.146 e. The highest BCUT2D eigenvalue weighted by molar-refractivity contribution is 5.44. The number of nitrogens with one attached hydrogen (secondary N) is 1. The molecule has 0 atom stereocenters. The molecule has 1 N–H and O–H groups in total. The molecule has 0 aliphatic rings. The van der Waals surface area contributed by atoms with E-state index < -0.39 is 0 Å². The third-order valence-electron chi connectivity index (χ3n) is 2.90. The number of ether oxygens (including phenoxy) is 1. The first-order chi connectivity index (χ1) is 9.31. The van der Waals surface area contributed by atoms with Crippen LogP contribution in [0.1, 0.15) is 12.5 Å². The molecule has 2 aromatic rings. The topological polar surface area (TPSA) is 21.3 Å². The molecule has 0 aromatic heterocycles. The molecule has 0 radical (unpaired) electrons. The molecule has 0 saturated carbocycles. The minimum atomic E-state index is -0.239. The van der Waals surface area contributed by atoms with Crippen molar-refractivity contribution in [2.75, 3.05) is 18.5 Å². The Labute approximate surface area is 113 Å². The van der Waals surface area contributed by atoms with Crippen molar-refractivity contribution in [3.63, 3.8) is 0 Å². The largest absolute Gasteiger partial charge is 0.491 e. The molecule has 2 nitrogen and oxygen atoms in total. The summed E-state index contributed by atoms with van der Waals surface area (Å²) in [5.74, 6) is 0.664. The Balaban J connectivity index is 1.83. The lowest BCUT2D eigenvalue weighted by Crippen LogP contribution is -2.12. The second-order valence-electron chi connectivity index (χ2n) is 4.22. The van der Waals surface area contributed by atoms with E-state index in [0.717, 1.165) is 12.2 Å². The van der Waals surface area contributed by atoms with Gasteiger partial charge in [0.15, 0.2) is 0 Å². The molecule has 100 valence electrons. The molecule has 0 unspecified atom stereocenters. The van der Waals surface area contributed by atoms with Crippen LogP contribution in [0.5, 0.6) is 5.75 Å². The summed E-state index contributed by atoms with van der Waals surface area (Å²) in [6, 6.07) is 14.6. The average Bonchev–Trinajstić information content (AvgIpc) is 2.45. The first-order valence-corrected chi connectivity index (χ1v) is 6.50. The van der Waals surface area contributed by atoms with Crippen molar-refractivity contribution in [3.8, 4) is 5.75 Å². The highest BCUT2D eigenvalue weighted by Gasteiger charge is 2.01. The van der Waals surface area contributed by atoms with Crippen LogP contribution >= 0.6 is 0 Å². The van der Waals surface area contributed by atoms with Gasteiger partial charge in [0.25, 0.3) is 0 Å². The molecule has 0 bridgehead atoms. The molecular formula is C16H18FNO. The minimum absolute atomic E-state index is 0.239. The maximum atomic E-state index is 13.4. The van der Waals surface area contributed by atoms with E-state index in [-0.39, 0.29) is 5.82 Å². The summed E-state index contributed by atoms with van der Waals surface area (Å²) in [5, 5.41) is 3.02. The number of hydrogen-bond donors (Lipinski definition) is 1. The Morgan fingerprint density at radius 3 is 2.58 bits per heavy atom. The fraction of sp³-hybridized carbons (Fsp3) is 0.250. The van der Waals surface area contributed by atoms with Gasteiger partial charge in [-0.2, -0.15) is 0 Å². The first kappa shape index (κ1) is 13.4. The third-order valence-corrected chi connectivity index (χ3v) is 2.90. The van der Waals surface area contributed by atoms with Gasteiger partial charge in [-0.15, -0.1) is 0 Å². The lowest BCUT2D eigenvalue weighted by Gasteiger charge is -2.11. The zero-order valence-corrected chi connectivity index (χ0v) is 11.0. The molecule has 0 spiro atoms. The minimum Gasteiger partial charge on any atom is -0.491 e. The van der Waals surface area contributed by atoms with Gasteiger partial charge >= 0.3 is 0 Å². The van der Waals surface area contributed by atoms with E-state index in [9.17, 15) is 4.39 Å². The molecule has 0 aliphatic carbocycles. The van der Waals surface area contributed by atoms with E-state index in [1.807, 2.05) is 18.2 Å². The van der Waals surface area contributed by atoms with Crippen molar-refractivity contribution in [1.29, 1.82) is 0 Å². The molecule has 19 heavy (non-hydrogen) atoms. The Kier molecular flexibility index (Phi) is 4.78. The van der Waals surface area contributed by atoms with Crippen LogP contribution in [0.25, 0.3) is 0 Å². The van der Waals surface area contributed by atoms with Crippen molar-refractivity contribution in [2.24, 2.45) is 0 Å². The molecule has 3 heteroatoms. The Hall–Kier alpha value is -2.03. The second-order valence-corrected chi connectivity index (χ2v) is 4.22. The lowest BCUT2D eigenvalue weighted by molar-refractivity contribution is 0.329. The van der Waals surface area contributed by atoms with Crippen molar-refractivity contribution < 1.29 is 9.13 Å². The van der Waals surface area contributed by atoms with Gasteiger partial charge in [0.1, 0.15) is 18.2 Å². The van der Waals surface area contributed by atoms with Crippen LogP contribution in [0.4, 0.5) is 10.1 Å². The number of rotatable bonds is 6. The average molecular weight is 259 g/mol. The van der Waals surface area contributed by atoms with Crippen LogP contribution in [0, 0.1) is 5.82 Å². The van der Waals surface area contributed by atoms with Crippen molar-refractivity contribution in [3.05, 3.63) is 59.9 Å². The van der Waals surface area contributed by atoms with Crippen LogP contribution in [0.15, 0.2) is 48.5 Å². The van der Waals surface area contributed by atoms with Gasteiger partial charge in [0.2, 0.25) is 0 Å². The SMILES string of the molecule is CCc1ccccc1OCCNc1ccccc1F. The van der Waals surface area contributed by atoms with E-state index in [1.165, 1.54) is 11.6 Å². The second kappa shape index (κ2) is 6.78. The fourth-order valence-electron chi connectivity index (χ4n) is 1.89. The molecule has 2 aromatic carbocycles. The summed E-state index contributed by atoms with van der Waals surface area (Å²) in [7, 11) is 0. The number of benzene rings is 2. The third kappa shape index (κ3) is 3.71. The Bertz CT molecular complexity index is 528. The van der Waals surface area contributed by atoms with E-state index >= 15 is 0 Å². The van der Waals surface area contributed by atoms with Gasteiger partial charge < -0.3 is 10.1 Å². The lowest BCUT2D eigenvalue weighted by atomic mass is 10.1. The van der Waals surface area contributed by atoms with Gasteiger partial charge in [-0.1, -0.05) is 37.3 Å². The number of aryl methyl sites for hydroxylation is 1. The van der Waals surface area contributed by atoms with Gasteiger partial charge in [0, 0.05) is 6.54 Å². The predicted octanol–water partition coefficient (Wildman–Crippen LogP) is 3.88. The van der Waals surface area contributed by atoms with Crippen LogP contribution in [-0.4, -0.2) is 13.2 Å². The molecule has 0 aliphatic heterocycles. The zero-order chi connectivity index (χ0) is 13.5. The number of halogens is 1. The van der Waals surface area contributed by atoms with Crippen molar-refractivity contribution in [1.82, 2.24) is 0 Å². The smallest absolute Gasteiger partial charge is 0.146 e. The monoisotopic (exact) mass is 259 g/mol. The van der Waals surface area contributed by atoms with E-state index in [0.29, 0.717) is 18.8 Å². The van der Waals surface area contributed by atoms with E-state index in [1.54, 1.807) is 18.2 Å². The van der Waals surface area contributed by atoms with Crippen LogP contribution in [0.3, 0.4) is 0 Å². The quantitative estimate of drug-likeness (QED) is 0.795. The number of anilines is 1. The summed E-state index contributed by atoms with van der Waals surface area (Å²) in [6.45, 7) is 3.17. The number of para-hydroxylation sites is 2. The van der Waals surface area contributed by atoms with Crippen LogP contribution in [-0.2, 0) is 6.42 Å². The summed E-state index contributed by atoms with van der Waals surface area (Å²) < 4.78 is 19.1. The number of hydrogen-bond acceptors (Lipinski definition) is 2. The molecular weight excluding hydrogens is 241 g/mol.